The molecule has 0 aliphatic heterocycles. The van der Waals surface area contributed by atoms with Gasteiger partial charge in [0, 0.05) is 18.6 Å². The van der Waals surface area contributed by atoms with E-state index < -0.39 is 11.9 Å². The van der Waals surface area contributed by atoms with Crippen LogP contribution in [0.15, 0.2) is 65.8 Å². The van der Waals surface area contributed by atoms with Gasteiger partial charge < -0.3 is 11.1 Å². The third kappa shape index (κ3) is 3.08. The van der Waals surface area contributed by atoms with Crippen LogP contribution >= 0.6 is 11.6 Å². The zero-order valence-electron chi connectivity index (χ0n) is 16.8. The van der Waals surface area contributed by atoms with Crippen LogP contribution in [0.5, 0.6) is 0 Å². The van der Waals surface area contributed by atoms with E-state index in [-0.39, 0.29) is 22.5 Å². The molecule has 0 bridgehead atoms. The Balaban J connectivity index is 1.62. The van der Waals surface area contributed by atoms with E-state index in [0.717, 1.165) is 0 Å². The predicted molar refractivity (Wildman–Crippen MR) is 119 cm³/mol. The first-order chi connectivity index (χ1) is 15.5. The molecule has 0 spiro atoms. The summed E-state index contributed by atoms with van der Waals surface area (Å²) in [5.41, 5.74) is 6.93. The normalized spacial score (nSPS) is 12.3. The van der Waals surface area contributed by atoms with Crippen molar-refractivity contribution in [1.29, 1.82) is 0 Å². The number of nitrogens with one attached hydrogen (secondary N) is 1. The number of fused-ring (bicyclic) bond motifs is 2. The van der Waals surface area contributed by atoms with Crippen molar-refractivity contribution in [2.45, 2.75) is 13.0 Å². The molecule has 0 saturated carbocycles. The number of rotatable bonds is 4. The maximum absolute atomic E-state index is 13.3. The lowest BCUT2D eigenvalue weighted by molar-refractivity contribution is 0.0940. The SMILES string of the molecule is CC(NC(=O)c1c(N)nn2cccnc12)c1nn2ccc(Cl)c2c(=O)n1-c1ccccc1. The van der Waals surface area contributed by atoms with Gasteiger partial charge in [0.05, 0.1) is 16.8 Å². The van der Waals surface area contributed by atoms with Gasteiger partial charge in [-0.15, -0.1) is 5.10 Å². The number of nitrogen functional groups attached to an aromatic ring is 1. The van der Waals surface area contributed by atoms with Gasteiger partial charge in [-0.2, -0.15) is 5.10 Å². The molecule has 1 unspecified atom stereocenters. The summed E-state index contributed by atoms with van der Waals surface area (Å²) in [4.78, 5) is 30.6. The summed E-state index contributed by atoms with van der Waals surface area (Å²) in [6.07, 6.45) is 4.80. The highest BCUT2D eigenvalue weighted by Gasteiger charge is 2.25. The molecule has 0 radical (unpaired) electrons. The molecule has 160 valence electrons. The fourth-order valence-electron chi connectivity index (χ4n) is 3.61. The highest BCUT2D eigenvalue weighted by Crippen LogP contribution is 2.21. The van der Waals surface area contributed by atoms with Crippen LogP contribution in [-0.2, 0) is 0 Å². The Morgan fingerprint density at radius 3 is 2.66 bits per heavy atom. The van der Waals surface area contributed by atoms with E-state index >= 15 is 0 Å². The zero-order valence-corrected chi connectivity index (χ0v) is 17.6. The molecule has 0 saturated heterocycles. The quantitative estimate of drug-likeness (QED) is 0.434. The highest BCUT2D eigenvalue weighted by atomic mass is 35.5. The first-order valence-corrected chi connectivity index (χ1v) is 10.1. The molecule has 5 rings (SSSR count). The second-order valence-corrected chi connectivity index (χ2v) is 7.54. The van der Waals surface area contributed by atoms with Gasteiger partial charge in [0.1, 0.15) is 11.1 Å². The van der Waals surface area contributed by atoms with Crippen LogP contribution in [0.3, 0.4) is 0 Å². The molecule has 11 heteroatoms. The van der Waals surface area contributed by atoms with E-state index in [0.29, 0.717) is 22.2 Å². The molecule has 3 N–H and O–H groups in total. The molecular weight excluding hydrogens is 432 g/mol. The van der Waals surface area contributed by atoms with Crippen molar-refractivity contribution >= 4 is 34.5 Å². The van der Waals surface area contributed by atoms with Crippen molar-refractivity contribution in [2.24, 2.45) is 0 Å². The second-order valence-electron chi connectivity index (χ2n) is 7.13. The number of nitrogens with zero attached hydrogens (tertiary/aromatic N) is 6. The molecule has 0 aliphatic carbocycles. The molecule has 0 fully saturated rings. The summed E-state index contributed by atoms with van der Waals surface area (Å²) in [7, 11) is 0. The topological polar surface area (TPSA) is 125 Å². The Morgan fingerprint density at radius 2 is 1.88 bits per heavy atom. The number of halogens is 1. The van der Waals surface area contributed by atoms with Crippen molar-refractivity contribution in [3.05, 3.63) is 87.8 Å². The second kappa shape index (κ2) is 7.50. The lowest BCUT2D eigenvalue weighted by atomic mass is 10.2. The summed E-state index contributed by atoms with van der Waals surface area (Å²) >= 11 is 6.22. The standard InChI is InChI=1S/C21H17ClN8O2/c1-12(25-20(31)15-17(23)26-29-10-5-9-24-19(15)29)18-27-28-11-8-14(22)16(28)21(32)30(18)13-6-3-2-4-7-13/h2-12H,1H3,(H2,23,26)(H,25,31). The van der Waals surface area contributed by atoms with Crippen molar-refractivity contribution in [3.8, 4) is 5.69 Å². The summed E-state index contributed by atoms with van der Waals surface area (Å²) < 4.78 is 4.28. The van der Waals surface area contributed by atoms with E-state index in [1.807, 2.05) is 18.2 Å². The molecular formula is C21H17ClN8O2. The van der Waals surface area contributed by atoms with Gasteiger partial charge >= 0.3 is 0 Å². The molecule has 0 aliphatic rings. The number of aromatic nitrogens is 6. The minimum atomic E-state index is -0.668. The maximum atomic E-state index is 13.3. The third-order valence-electron chi connectivity index (χ3n) is 5.06. The number of benzene rings is 1. The Kier molecular flexibility index (Phi) is 4.63. The van der Waals surface area contributed by atoms with E-state index in [4.69, 9.17) is 17.3 Å². The van der Waals surface area contributed by atoms with Crippen LogP contribution in [0.2, 0.25) is 5.02 Å². The lowest BCUT2D eigenvalue weighted by Gasteiger charge is -2.19. The number of hydrogen-bond acceptors (Lipinski definition) is 6. The molecule has 4 heterocycles. The minimum absolute atomic E-state index is 0.0504. The van der Waals surface area contributed by atoms with Crippen molar-refractivity contribution in [1.82, 2.24) is 34.1 Å². The Morgan fingerprint density at radius 1 is 1.09 bits per heavy atom. The first kappa shape index (κ1) is 19.8. The van der Waals surface area contributed by atoms with Gasteiger partial charge in [0.15, 0.2) is 17.3 Å². The summed E-state index contributed by atoms with van der Waals surface area (Å²) in [6, 6.07) is 11.6. The number of carbonyl (C=O) groups excluding carboxylic acids is 1. The van der Waals surface area contributed by atoms with Crippen LogP contribution in [0.1, 0.15) is 29.1 Å². The molecule has 10 nitrogen and oxygen atoms in total. The fourth-order valence-corrected chi connectivity index (χ4v) is 3.83. The zero-order chi connectivity index (χ0) is 22.4. The molecule has 32 heavy (non-hydrogen) atoms. The Bertz CT molecular complexity index is 1540. The van der Waals surface area contributed by atoms with Crippen LogP contribution in [0, 0.1) is 0 Å². The number of nitrogens with two attached hydrogens (primary N) is 1. The fraction of sp³-hybridized carbons (Fsp3) is 0.0952. The van der Waals surface area contributed by atoms with Gasteiger partial charge in [-0.25, -0.2) is 14.0 Å². The smallest absolute Gasteiger partial charge is 0.284 e. The summed E-state index contributed by atoms with van der Waals surface area (Å²) in [5.74, 6) is -0.116. The number of hydrogen-bond donors (Lipinski definition) is 2. The average molecular weight is 449 g/mol. The van der Waals surface area contributed by atoms with Crippen LogP contribution in [0.25, 0.3) is 16.9 Å². The highest BCUT2D eigenvalue weighted by molar-refractivity contribution is 6.33. The summed E-state index contributed by atoms with van der Waals surface area (Å²) in [6.45, 7) is 1.73. The average Bonchev–Trinajstić information content (AvgIpc) is 3.33. The minimum Gasteiger partial charge on any atom is -0.381 e. The summed E-state index contributed by atoms with van der Waals surface area (Å²) in [5, 5.41) is 11.8. The van der Waals surface area contributed by atoms with Gasteiger partial charge in [0.25, 0.3) is 11.5 Å². The van der Waals surface area contributed by atoms with Crippen molar-refractivity contribution in [3.63, 3.8) is 0 Å². The van der Waals surface area contributed by atoms with Crippen LogP contribution in [-0.4, -0.2) is 34.7 Å². The van der Waals surface area contributed by atoms with Gasteiger partial charge in [-0.1, -0.05) is 29.8 Å². The number of amides is 1. The third-order valence-corrected chi connectivity index (χ3v) is 5.37. The Hall–Kier alpha value is -4.18. The van der Waals surface area contributed by atoms with Crippen LogP contribution < -0.4 is 16.6 Å². The maximum Gasteiger partial charge on any atom is 0.284 e. The van der Waals surface area contributed by atoms with E-state index in [2.05, 4.69) is 20.5 Å². The molecule has 5 aromatic rings. The van der Waals surface area contributed by atoms with Gasteiger partial charge in [-0.05, 0) is 31.2 Å². The van der Waals surface area contributed by atoms with Crippen LogP contribution in [0.4, 0.5) is 5.82 Å². The largest absolute Gasteiger partial charge is 0.381 e. The van der Waals surface area contributed by atoms with Crippen molar-refractivity contribution in [2.75, 3.05) is 5.73 Å². The first-order valence-electron chi connectivity index (χ1n) is 9.70. The molecule has 4 aromatic heterocycles. The van der Waals surface area contributed by atoms with Crippen molar-refractivity contribution < 1.29 is 4.79 Å². The van der Waals surface area contributed by atoms with Gasteiger partial charge in [-0.3, -0.25) is 14.2 Å². The predicted octanol–water partition coefficient (Wildman–Crippen LogP) is 2.25. The monoisotopic (exact) mass is 448 g/mol. The molecule has 1 amide bonds. The van der Waals surface area contributed by atoms with Gasteiger partial charge in [0.2, 0.25) is 0 Å². The van der Waals surface area contributed by atoms with E-state index in [9.17, 15) is 9.59 Å². The van der Waals surface area contributed by atoms with E-state index in [1.54, 1.807) is 49.8 Å². The number of para-hydroxylation sites is 1. The number of carbonyl (C=O) groups is 1. The Labute approximate surface area is 185 Å². The molecule has 1 atom stereocenters. The lowest BCUT2D eigenvalue weighted by Crippen LogP contribution is -2.34. The van der Waals surface area contributed by atoms with E-state index in [1.165, 1.54) is 13.6 Å². The molecule has 1 aromatic carbocycles. The number of anilines is 1.